The first-order valence-corrected chi connectivity index (χ1v) is 9.99. The van der Waals surface area contributed by atoms with Crippen molar-refractivity contribution in [1.82, 2.24) is 4.90 Å². The molecule has 0 radical (unpaired) electrons. The van der Waals surface area contributed by atoms with E-state index in [0.717, 1.165) is 9.75 Å². The summed E-state index contributed by atoms with van der Waals surface area (Å²) in [5, 5.41) is 0. The van der Waals surface area contributed by atoms with Crippen LogP contribution >= 0.6 is 11.3 Å². The minimum atomic E-state index is -3.07. The first kappa shape index (κ1) is 17.9. The number of hydrogen-bond donors (Lipinski definition) is 0. The normalized spacial score (nSPS) is 21.0. The maximum atomic E-state index is 12.4. The summed E-state index contributed by atoms with van der Waals surface area (Å²) < 4.78 is 28.3. The molecular formula is C15H21NO5S2. The van der Waals surface area contributed by atoms with Gasteiger partial charge in [0.2, 0.25) is 0 Å². The van der Waals surface area contributed by atoms with Crippen LogP contribution in [0.25, 0.3) is 0 Å². The van der Waals surface area contributed by atoms with Crippen LogP contribution < -0.4 is 0 Å². The van der Waals surface area contributed by atoms with E-state index in [-0.39, 0.29) is 23.5 Å². The van der Waals surface area contributed by atoms with Crippen LogP contribution in [0.5, 0.6) is 0 Å². The Labute approximate surface area is 140 Å². The molecule has 0 saturated carbocycles. The Morgan fingerprint density at radius 3 is 2.52 bits per heavy atom. The highest BCUT2D eigenvalue weighted by Crippen LogP contribution is 2.22. The summed E-state index contributed by atoms with van der Waals surface area (Å²) in [5.74, 6) is -0.847. The van der Waals surface area contributed by atoms with E-state index < -0.39 is 21.9 Å². The fourth-order valence-corrected chi connectivity index (χ4v) is 5.34. The van der Waals surface area contributed by atoms with Gasteiger partial charge in [-0.1, -0.05) is 0 Å². The van der Waals surface area contributed by atoms with Gasteiger partial charge in [0.15, 0.2) is 15.9 Å². The number of esters is 1. The highest BCUT2D eigenvalue weighted by atomic mass is 32.2. The average molecular weight is 359 g/mol. The molecule has 2 rings (SSSR count). The topological polar surface area (TPSA) is 80.8 Å². The monoisotopic (exact) mass is 359 g/mol. The molecule has 1 amide bonds. The van der Waals surface area contributed by atoms with Gasteiger partial charge < -0.3 is 9.64 Å². The molecule has 6 nitrogen and oxygen atoms in total. The molecule has 1 aromatic heterocycles. The average Bonchev–Trinajstić information content (AvgIpc) is 2.98. The van der Waals surface area contributed by atoms with Crippen molar-refractivity contribution in [2.45, 2.75) is 39.3 Å². The Kier molecular flexibility index (Phi) is 5.15. The standard InChI is InChI=1S/C15H21NO5S2/c1-9-7-13(11(3)22-9)15(18)21-10(2)14(17)16(4)12-5-6-23(19,20)8-12/h7,10,12H,5-6,8H2,1-4H3/t10-,12+/m1/s1. The molecule has 2 atom stereocenters. The van der Waals surface area contributed by atoms with Gasteiger partial charge in [0.05, 0.1) is 17.1 Å². The number of aryl methyl sites for hydroxylation is 2. The van der Waals surface area contributed by atoms with Crippen LogP contribution in [-0.2, 0) is 19.4 Å². The van der Waals surface area contributed by atoms with Crippen LogP contribution in [-0.4, -0.2) is 55.9 Å². The molecule has 0 N–H and O–H groups in total. The second-order valence-electron chi connectivity index (χ2n) is 5.88. The largest absolute Gasteiger partial charge is 0.449 e. The predicted molar refractivity (Wildman–Crippen MR) is 88.5 cm³/mol. The third-order valence-corrected chi connectivity index (χ3v) is 6.71. The lowest BCUT2D eigenvalue weighted by Gasteiger charge is -2.26. The van der Waals surface area contributed by atoms with Crippen LogP contribution in [0.4, 0.5) is 0 Å². The highest BCUT2D eigenvalue weighted by molar-refractivity contribution is 7.91. The van der Waals surface area contributed by atoms with Crippen molar-refractivity contribution < 1.29 is 22.7 Å². The molecule has 23 heavy (non-hydrogen) atoms. The van der Waals surface area contributed by atoms with Crippen molar-refractivity contribution in [3.8, 4) is 0 Å². The number of hydrogen-bond acceptors (Lipinski definition) is 6. The number of carbonyl (C=O) groups is 2. The molecule has 1 fully saturated rings. The summed E-state index contributed by atoms with van der Waals surface area (Å²) in [6.07, 6.45) is -0.524. The Hall–Kier alpha value is -1.41. The maximum absolute atomic E-state index is 12.4. The van der Waals surface area contributed by atoms with Gasteiger partial charge in [-0.25, -0.2) is 13.2 Å². The van der Waals surface area contributed by atoms with Gasteiger partial charge in [-0.05, 0) is 33.3 Å². The molecule has 1 aromatic rings. The molecule has 1 saturated heterocycles. The molecule has 2 heterocycles. The minimum absolute atomic E-state index is 0.0290. The number of thiophene rings is 1. The first-order valence-electron chi connectivity index (χ1n) is 7.36. The van der Waals surface area contributed by atoms with E-state index in [1.165, 1.54) is 23.2 Å². The molecule has 0 spiro atoms. The number of sulfone groups is 1. The van der Waals surface area contributed by atoms with Gasteiger partial charge in [0, 0.05) is 22.8 Å². The third kappa shape index (κ3) is 4.11. The predicted octanol–water partition coefficient (Wildman–Crippen LogP) is 1.56. The molecule has 0 aliphatic carbocycles. The summed E-state index contributed by atoms with van der Waals surface area (Å²) >= 11 is 1.50. The van der Waals surface area contributed by atoms with Crippen molar-refractivity contribution in [2.24, 2.45) is 0 Å². The van der Waals surface area contributed by atoms with Crippen LogP contribution in [0.1, 0.15) is 33.5 Å². The summed E-state index contributed by atoms with van der Waals surface area (Å²) in [7, 11) is -1.52. The SMILES string of the molecule is Cc1cc(C(=O)O[C@H](C)C(=O)N(C)[C@H]2CCS(=O)(=O)C2)c(C)s1. The number of ether oxygens (including phenoxy) is 1. The Morgan fingerprint density at radius 2 is 2.04 bits per heavy atom. The van der Waals surface area contributed by atoms with Crippen molar-refractivity contribution in [3.63, 3.8) is 0 Å². The van der Waals surface area contributed by atoms with Gasteiger partial charge in [-0.15, -0.1) is 11.3 Å². The van der Waals surface area contributed by atoms with Gasteiger partial charge in [0.25, 0.3) is 5.91 Å². The van der Waals surface area contributed by atoms with Crippen molar-refractivity contribution in [1.29, 1.82) is 0 Å². The zero-order chi connectivity index (χ0) is 17.4. The number of carbonyl (C=O) groups excluding carboxylic acids is 2. The Morgan fingerprint density at radius 1 is 1.39 bits per heavy atom. The summed E-state index contributed by atoms with van der Waals surface area (Å²) in [5.41, 5.74) is 0.471. The smallest absolute Gasteiger partial charge is 0.340 e. The lowest BCUT2D eigenvalue weighted by molar-refractivity contribution is -0.140. The zero-order valence-electron chi connectivity index (χ0n) is 13.7. The van der Waals surface area contributed by atoms with E-state index in [2.05, 4.69) is 0 Å². The fraction of sp³-hybridized carbons (Fsp3) is 0.600. The van der Waals surface area contributed by atoms with E-state index in [0.29, 0.717) is 12.0 Å². The van der Waals surface area contributed by atoms with E-state index in [1.54, 1.807) is 13.1 Å². The third-order valence-electron chi connectivity index (χ3n) is 4.00. The van der Waals surface area contributed by atoms with Gasteiger partial charge in [0.1, 0.15) is 0 Å². The summed E-state index contributed by atoms with van der Waals surface area (Å²) in [6.45, 7) is 5.24. The quantitative estimate of drug-likeness (QED) is 0.762. The molecule has 0 aromatic carbocycles. The molecule has 0 bridgehead atoms. The number of likely N-dealkylation sites (N-methyl/N-ethyl adjacent to an activating group) is 1. The van der Waals surface area contributed by atoms with Crippen molar-refractivity contribution in [2.75, 3.05) is 18.6 Å². The fourth-order valence-electron chi connectivity index (χ4n) is 2.66. The van der Waals surface area contributed by atoms with E-state index >= 15 is 0 Å². The molecular weight excluding hydrogens is 338 g/mol. The van der Waals surface area contributed by atoms with Crippen LogP contribution in [0.2, 0.25) is 0 Å². The molecule has 128 valence electrons. The summed E-state index contributed by atoms with van der Waals surface area (Å²) in [4.78, 5) is 27.7. The highest BCUT2D eigenvalue weighted by Gasteiger charge is 2.35. The minimum Gasteiger partial charge on any atom is -0.449 e. The second-order valence-corrected chi connectivity index (χ2v) is 9.57. The maximum Gasteiger partial charge on any atom is 0.340 e. The number of nitrogens with zero attached hydrogens (tertiary/aromatic N) is 1. The molecule has 8 heteroatoms. The van der Waals surface area contributed by atoms with Crippen LogP contribution in [0.15, 0.2) is 6.07 Å². The number of amides is 1. The molecule has 1 aliphatic heterocycles. The Bertz CT molecular complexity index is 722. The van der Waals surface area contributed by atoms with E-state index in [1.807, 2.05) is 13.8 Å². The van der Waals surface area contributed by atoms with Crippen molar-refractivity contribution in [3.05, 3.63) is 21.4 Å². The van der Waals surface area contributed by atoms with E-state index in [4.69, 9.17) is 4.74 Å². The Balaban J connectivity index is 2.00. The first-order chi connectivity index (χ1) is 10.6. The zero-order valence-corrected chi connectivity index (χ0v) is 15.3. The van der Waals surface area contributed by atoms with E-state index in [9.17, 15) is 18.0 Å². The van der Waals surface area contributed by atoms with Gasteiger partial charge >= 0.3 is 5.97 Å². The van der Waals surface area contributed by atoms with Gasteiger partial charge in [-0.3, -0.25) is 4.79 Å². The lowest BCUT2D eigenvalue weighted by Crippen LogP contribution is -2.44. The lowest BCUT2D eigenvalue weighted by atomic mass is 10.2. The van der Waals surface area contributed by atoms with Crippen LogP contribution in [0.3, 0.4) is 0 Å². The molecule has 0 unspecified atom stereocenters. The number of rotatable bonds is 4. The van der Waals surface area contributed by atoms with Crippen molar-refractivity contribution >= 4 is 33.1 Å². The second kappa shape index (κ2) is 6.60. The van der Waals surface area contributed by atoms with Crippen LogP contribution in [0, 0.1) is 13.8 Å². The molecule has 1 aliphatic rings. The van der Waals surface area contributed by atoms with Gasteiger partial charge in [-0.2, -0.15) is 0 Å². The summed E-state index contributed by atoms with van der Waals surface area (Å²) in [6, 6.07) is 1.39.